The van der Waals surface area contributed by atoms with Crippen LogP contribution in [0.4, 0.5) is 13.6 Å². The minimum Gasteiger partial charge on any atom is -0.444 e. The molecule has 1 aliphatic heterocycles. The molecule has 1 saturated heterocycles. The van der Waals surface area contributed by atoms with Crippen LogP contribution >= 0.6 is 0 Å². The van der Waals surface area contributed by atoms with Crippen molar-refractivity contribution >= 4 is 6.09 Å². The molecule has 2 atom stereocenters. The summed E-state index contributed by atoms with van der Waals surface area (Å²) >= 11 is 0. The van der Waals surface area contributed by atoms with E-state index in [0.29, 0.717) is 5.56 Å². The van der Waals surface area contributed by atoms with Crippen LogP contribution in [-0.4, -0.2) is 12.2 Å². The minimum atomic E-state index is -0.930. The summed E-state index contributed by atoms with van der Waals surface area (Å²) in [6, 6.07) is 3.09. The molecule has 1 heterocycles. The summed E-state index contributed by atoms with van der Waals surface area (Å²) in [5.41, 5.74) is 0.493. The van der Waals surface area contributed by atoms with Crippen LogP contribution in [0.5, 0.6) is 0 Å². The number of carbonyl (C=O) groups excluding carboxylic acids is 1. The first-order chi connectivity index (χ1) is 7.08. The average Bonchev–Trinajstić information content (AvgIpc) is 2.50. The topological polar surface area (TPSA) is 38.3 Å². The lowest BCUT2D eigenvalue weighted by Gasteiger charge is -2.12. The molecule has 0 bridgehead atoms. The third kappa shape index (κ3) is 1.77. The van der Waals surface area contributed by atoms with Crippen LogP contribution in [0.2, 0.25) is 0 Å². The lowest BCUT2D eigenvalue weighted by molar-refractivity contribution is 0.141. The van der Waals surface area contributed by atoms with Gasteiger partial charge in [-0.3, -0.25) is 0 Å². The molecule has 0 aliphatic carbocycles. The van der Waals surface area contributed by atoms with E-state index in [1.54, 1.807) is 6.92 Å². The van der Waals surface area contributed by atoms with Crippen LogP contribution in [0.15, 0.2) is 18.2 Å². The smallest absolute Gasteiger partial charge is 0.408 e. The number of halogens is 2. The van der Waals surface area contributed by atoms with Gasteiger partial charge in [0.25, 0.3) is 0 Å². The van der Waals surface area contributed by atoms with E-state index in [1.807, 2.05) is 0 Å². The molecule has 1 N–H and O–H groups in total. The fraction of sp³-hybridized carbons (Fsp3) is 0.300. The molecule has 0 unspecified atom stereocenters. The Bertz CT molecular complexity index is 408. The number of rotatable bonds is 1. The summed E-state index contributed by atoms with van der Waals surface area (Å²) in [7, 11) is 0. The first kappa shape index (κ1) is 9.89. The summed E-state index contributed by atoms with van der Waals surface area (Å²) in [4.78, 5) is 10.9. The Labute approximate surface area is 85.0 Å². The molecule has 0 radical (unpaired) electrons. The van der Waals surface area contributed by atoms with Crippen LogP contribution in [0.1, 0.15) is 18.5 Å². The Kier molecular flexibility index (Phi) is 2.30. The highest BCUT2D eigenvalue weighted by Crippen LogP contribution is 2.25. The number of nitrogens with one attached hydrogen (secondary N) is 1. The zero-order valence-electron chi connectivity index (χ0n) is 7.96. The van der Waals surface area contributed by atoms with Gasteiger partial charge in [-0.2, -0.15) is 0 Å². The van der Waals surface area contributed by atoms with Gasteiger partial charge in [0.2, 0.25) is 0 Å². The molecule has 0 saturated carbocycles. The fourth-order valence-electron chi connectivity index (χ4n) is 1.58. The highest BCUT2D eigenvalue weighted by atomic mass is 19.2. The van der Waals surface area contributed by atoms with E-state index >= 15 is 0 Å². The normalized spacial score (nSPS) is 24.9. The van der Waals surface area contributed by atoms with Crippen LogP contribution in [-0.2, 0) is 4.74 Å². The zero-order valence-corrected chi connectivity index (χ0v) is 7.96. The lowest BCUT2D eigenvalue weighted by Crippen LogP contribution is -2.21. The first-order valence-electron chi connectivity index (χ1n) is 4.50. The van der Waals surface area contributed by atoms with Gasteiger partial charge in [0, 0.05) is 0 Å². The summed E-state index contributed by atoms with van der Waals surface area (Å²) < 4.78 is 30.4. The number of alkyl carbamates (subject to hydrolysis) is 1. The summed E-state index contributed by atoms with van der Waals surface area (Å²) in [6.07, 6.45) is -0.931. The molecule has 1 aromatic rings. The number of hydrogen-bond donors (Lipinski definition) is 1. The molecular formula is C10H9F2NO2. The van der Waals surface area contributed by atoms with Crippen LogP contribution < -0.4 is 5.32 Å². The van der Waals surface area contributed by atoms with Gasteiger partial charge < -0.3 is 10.1 Å². The van der Waals surface area contributed by atoms with Crippen LogP contribution in [0.25, 0.3) is 0 Å². The monoisotopic (exact) mass is 213 g/mol. The third-order valence-electron chi connectivity index (χ3n) is 2.34. The largest absolute Gasteiger partial charge is 0.444 e. The van der Waals surface area contributed by atoms with E-state index < -0.39 is 23.8 Å². The number of carbonyl (C=O) groups is 1. The Morgan fingerprint density at radius 2 is 2.07 bits per heavy atom. The summed E-state index contributed by atoms with van der Waals surface area (Å²) in [5, 5.41) is 2.52. The number of amides is 1. The highest BCUT2D eigenvalue weighted by molar-refractivity contribution is 5.70. The average molecular weight is 213 g/mol. The van der Waals surface area contributed by atoms with E-state index in [4.69, 9.17) is 4.74 Å². The summed E-state index contributed by atoms with van der Waals surface area (Å²) in [5.74, 6) is -1.84. The fourth-order valence-corrected chi connectivity index (χ4v) is 1.58. The van der Waals surface area contributed by atoms with Gasteiger partial charge >= 0.3 is 6.09 Å². The molecule has 15 heavy (non-hydrogen) atoms. The number of hydrogen-bond acceptors (Lipinski definition) is 2. The number of benzene rings is 1. The maximum Gasteiger partial charge on any atom is 0.408 e. The quantitative estimate of drug-likeness (QED) is 0.776. The van der Waals surface area contributed by atoms with Crippen LogP contribution in [0.3, 0.4) is 0 Å². The highest BCUT2D eigenvalue weighted by Gasteiger charge is 2.31. The third-order valence-corrected chi connectivity index (χ3v) is 2.34. The molecule has 0 aromatic heterocycles. The zero-order chi connectivity index (χ0) is 11.0. The Morgan fingerprint density at radius 3 is 2.60 bits per heavy atom. The van der Waals surface area contributed by atoms with Gasteiger partial charge in [-0.05, 0) is 24.6 Å². The van der Waals surface area contributed by atoms with Crippen molar-refractivity contribution in [2.24, 2.45) is 0 Å². The van der Waals surface area contributed by atoms with E-state index in [2.05, 4.69) is 5.32 Å². The van der Waals surface area contributed by atoms with Gasteiger partial charge in [0.1, 0.15) is 6.10 Å². The second kappa shape index (κ2) is 3.49. The van der Waals surface area contributed by atoms with Crippen molar-refractivity contribution in [3.63, 3.8) is 0 Å². The van der Waals surface area contributed by atoms with Crippen LogP contribution in [0, 0.1) is 11.6 Å². The van der Waals surface area contributed by atoms with Gasteiger partial charge in [0.15, 0.2) is 11.6 Å². The Morgan fingerprint density at radius 1 is 1.33 bits per heavy atom. The maximum atomic E-state index is 12.9. The summed E-state index contributed by atoms with van der Waals surface area (Å²) in [6.45, 7) is 1.68. The number of ether oxygens (including phenoxy) is 1. The second-order valence-corrected chi connectivity index (χ2v) is 3.41. The first-order valence-corrected chi connectivity index (χ1v) is 4.50. The van der Waals surface area contributed by atoms with Gasteiger partial charge in [-0.15, -0.1) is 0 Å². The molecule has 80 valence electrons. The molecule has 1 amide bonds. The minimum absolute atomic E-state index is 0.387. The standard InChI is InChI=1S/C10H9F2NO2/c1-5-9(13-10(14)15-5)6-2-3-7(11)8(12)4-6/h2-5,9H,1H3,(H,13,14)/t5-,9-/m0/s1. The van der Waals surface area contributed by atoms with Crippen molar-refractivity contribution in [1.82, 2.24) is 5.32 Å². The Balaban J connectivity index is 2.30. The predicted octanol–water partition coefficient (Wildman–Crippen LogP) is 2.13. The van der Waals surface area contributed by atoms with Gasteiger partial charge in [-0.25, -0.2) is 13.6 Å². The van der Waals surface area contributed by atoms with E-state index in [9.17, 15) is 13.6 Å². The number of cyclic esters (lactones) is 1. The van der Waals surface area contributed by atoms with E-state index in [0.717, 1.165) is 12.1 Å². The van der Waals surface area contributed by atoms with Crippen molar-refractivity contribution in [1.29, 1.82) is 0 Å². The van der Waals surface area contributed by atoms with Crippen molar-refractivity contribution in [2.45, 2.75) is 19.1 Å². The maximum absolute atomic E-state index is 12.9. The van der Waals surface area contributed by atoms with Crippen molar-refractivity contribution in [2.75, 3.05) is 0 Å². The molecule has 1 fully saturated rings. The van der Waals surface area contributed by atoms with Gasteiger partial charge in [0.05, 0.1) is 6.04 Å². The van der Waals surface area contributed by atoms with Crippen molar-refractivity contribution in [3.8, 4) is 0 Å². The molecular weight excluding hydrogens is 204 g/mol. The molecule has 0 spiro atoms. The van der Waals surface area contributed by atoms with Crippen molar-refractivity contribution < 1.29 is 18.3 Å². The van der Waals surface area contributed by atoms with E-state index in [1.165, 1.54) is 6.07 Å². The lowest BCUT2D eigenvalue weighted by atomic mass is 10.0. The van der Waals surface area contributed by atoms with Crippen molar-refractivity contribution in [3.05, 3.63) is 35.4 Å². The Hall–Kier alpha value is -1.65. The predicted molar refractivity (Wildman–Crippen MR) is 48.2 cm³/mol. The van der Waals surface area contributed by atoms with Gasteiger partial charge in [-0.1, -0.05) is 6.07 Å². The SMILES string of the molecule is C[C@@H]1OC(=O)N[C@@H]1c1ccc(F)c(F)c1. The van der Waals surface area contributed by atoms with E-state index in [-0.39, 0.29) is 6.10 Å². The molecule has 1 aromatic carbocycles. The molecule has 1 aliphatic rings. The molecule has 2 rings (SSSR count). The molecule has 5 heteroatoms. The molecule has 3 nitrogen and oxygen atoms in total. The second-order valence-electron chi connectivity index (χ2n) is 3.41.